The summed E-state index contributed by atoms with van der Waals surface area (Å²) in [6.45, 7) is 21.5. The first-order valence-corrected chi connectivity index (χ1v) is 11.7. The van der Waals surface area contributed by atoms with E-state index in [1.807, 2.05) is 0 Å². The molecule has 0 atom stereocenters. The van der Waals surface area contributed by atoms with Gasteiger partial charge in [-0.3, -0.25) is 9.98 Å². The maximum atomic E-state index is 5.05. The molecule has 0 unspecified atom stereocenters. The van der Waals surface area contributed by atoms with Crippen LogP contribution in [-0.2, 0) is 0 Å². The zero-order valence-electron chi connectivity index (χ0n) is 20.6. The van der Waals surface area contributed by atoms with Crippen molar-refractivity contribution in [1.29, 1.82) is 0 Å². The minimum absolute atomic E-state index is 1.05. The Labute approximate surface area is 191 Å². The molecule has 0 saturated carbocycles. The molecule has 1 heterocycles. The van der Waals surface area contributed by atoms with E-state index in [0.29, 0.717) is 0 Å². The SMILES string of the molecule is C/C(=N\c1c(C)c(C)cc(C)c1C)c1ccc(/C(C)=N/c2c(C)c(C)cc(C)c2C)s1. The lowest BCUT2D eigenvalue weighted by molar-refractivity contribution is 1.22. The van der Waals surface area contributed by atoms with Gasteiger partial charge < -0.3 is 0 Å². The highest BCUT2D eigenvalue weighted by Gasteiger charge is 2.12. The van der Waals surface area contributed by atoms with Crippen LogP contribution in [0.15, 0.2) is 34.3 Å². The third-order valence-electron chi connectivity index (χ3n) is 6.53. The maximum absolute atomic E-state index is 5.05. The smallest absolute Gasteiger partial charge is 0.0697 e. The van der Waals surface area contributed by atoms with E-state index in [1.54, 1.807) is 11.3 Å². The minimum Gasteiger partial charge on any atom is -0.252 e. The summed E-state index contributed by atoms with van der Waals surface area (Å²) in [5, 5.41) is 0. The molecule has 0 amide bonds. The monoisotopic (exact) mass is 430 g/mol. The second-order valence-corrected chi connectivity index (χ2v) is 9.86. The summed E-state index contributed by atoms with van der Waals surface area (Å²) in [6.07, 6.45) is 0. The van der Waals surface area contributed by atoms with Gasteiger partial charge in [-0.25, -0.2) is 0 Å². The van der Waals surface area contributed by atoms with E-state index >= 15 is 0 Å². The van der Waals surface area contributed by atoms with Crippen LogP contribution in [0.2, 0.25) is 0 Å². The quantitative estimate of drug-likeness (QED) is 0.371. The fourth-order valence-corrected chi connectivity index (χ4v) is 4.80. The second kappa shape index (κ2) is 8.92. The first-order valence-electron chi connectivity index (χ1n) is 10.9. The molecule has 0 saturated heterocycles. The lowest BCUT2D eigenvalue weighted by Gasteiger charge is -2.12. The molecule has 31 heavy (non-hydrogen) atoms. The van der Waals surface area contributed by atoms with Crippen LogP contribution in [0.5, 0.6) is 0 Å². The highest BCUT2D eigenvalue weighted by atomic mass is 32.1. The zero-order valence-corrected chi connectivity index (χ0v) is 21.4. The molecule has 0 N–H and O–H groups in total. The van der Waals surface area contributed by atoms with E-state index in [0.717, 1.165) is 22.8 Å². The van der Waals surface area contributed by atoms with Crippen LogP contribution in [0.1, 0.15) is 68.1 Å². The van der Waals surface area contributed by atoms with Gasteiger partial charge >= 0.3 is 0 Å². The summed E-state index contributed by atoms with van der Waals surface area (Å²) in [7, 11) is 0. The van der Waals surface area contributed by atoms with Crippen molar-refractivity contribution in [3.8, 4) is 0 Å². The third-order valence-corrected chi connectivity index (χ3v) is 7.83. The number of benzene rings is 2. The number of hydrogen-bond acceptors (Lipinski definition) is 3. The topological polar surface area (TPSA) is 24.7 Å². The van der Waals surface area contributed by atoms with Crippen molar-refractivity contribution in [2.45, 2.75) is 69.2 Å². The maximum Gasteiger partial charge on any atom is 0.0697 e. The molecule has 2 aromatic carbocycles. The van der Waals surface area contributed by atoms with Gasteiger partial charge in [0.15, 0.2) is 0 Å². The molecule has 0 aliphatic carbocycles. The predicted molar refractivity (Wildman–Crippen MR) is 139 cm³/mol. The summed E-state index contributed by atoms with van der Waals surface area (Å²) in [4.78, 5) is 12.5. The van der Waals surface area contributed by atoms with Crippen LogP contribution >= 0.6 is 11.3 Å². The lowest BCUT2D eigenvalue weighted by atomic mass is 9.99. The molecule has 0 aliphatic rings. The molecule has 0 radical (unpaired) electrons. The fourth-order valence-electron chi connectivity index (χ4n) is 3.90. The molecule has 0 fully saturated rings. The lowest BCUT2D eigenvalue weighted by Crippen LogP contribution is -1.95. The number of nitrogens with zero attached hydrogens (tertiary/aromatic N) is 2. The first-order chi connectivity index (χ1) is 14.5. The molecule has 3 aromatic rings. The van der Waals surface area contributed by atoms with Gasteiger partial charge in [-0.15, -0.1) is 11.3 Å². The number of aliphatic imine (C=N–C) groups is 2. The van der Waals surface area contributed by atoms with Gasteiger partial charge in [-0.05, 0) is 126 Å². The van der Waals surface area contributed by atoms with Crippen molar-refractivity contribution < 1.29 is 0 Å². The molecule has 162 valence electrons. The van der Waals surface area contributed by atoms with Crippen LogP contribution in [0, 0.1) is 55.4 Å². The average molecular weight is 431 g/mol. The van der Waals surface area contributed by atoms with Crippen LogP contribution in [-0.4, -0.2) is 11.4 Å². The molecular formula is C28H34N2S. The Bertz CT molecular complexity index is 1080. The van der Waals surface area contributed by atoms with E-state index in [9.17, 15) is 0 Å². The second-order valence-electron chi connectivity index (χ2n) is 8.78. The Morgan fingerprint density at radius 1 is 0.548 bits per heavy atom. The predicted octanol–water partition coefficient (Wildman–Crippen LogP) is 8.50. The van der Waals surface area contributed by atoms with Gasteiger partial charge in [-0.2, -0.15) is 0 Å². The van der Waals surface area contributed by atoms with Crippen LogP contribution < -0.4 is 0 Å². The summed E-state index contributed by atoms with van der Waals surface area (Å²) >= 11 is 1.77. The molecule has 3 rings (SSSR count). The van der Waals surface area contributed by atoms with Crippen LogP contribution in [0.25, 0.3) is 0 Å². The van der Waals surface area contributed by atoms with E-state index in [4.69, 9.17) is 9.98 Å². The number of thiophene rings is 1. The number of hydrogen-bond donors (Lipinski definition) is 0. The summed E-state index contributed by atoms with van der Waals surface area (Å²) in [6, 6.07) is 8.84. The largest absolute Gasteiger partial charge is 0.252 e. The van der Waals surface area contributed by atoms with Crippen molar-refractivity contribution in [3.63, 3.8) is 0 Å². The van der Waals surface area contributed by atoms with Crippen molar-refractivity contribution in [1.82, 2.24) is 0 Å². The molecule has 0 bridgehead atoms. The average Bonchev–Trinajstić information content (AvgIpc) is 3.21. The standard InChI is InChI=1S/C28H34N2S/c1-15-13-16(2)20(6)27(19(15)5)29-23(9)25-11-12-26(31-25)24(10)30-28-21(7)17(3)14-18(4)22(28)8/h11-14H,1-10H3/b29-23+,30-24+. The van der Waals surface area contributed by atoms with E-state index in [-0.39, 0.29) is 0 Å². The van der Waals surface area contributed by atoms with Crippen molar-refractivity contribution >= 4 is 34.1 Å². The van der Waals surface area contributed by atoms with Crippen molar-refractivity contribution in [2.75, 3.05) is 0 Å². The highest BCUT2D eigenvalue weighted by molar-refractivity contribution is 7.16. The first kappa shape index (κ1) is 23.1. The van der Waals surface area contributed by atoms with E-state index < -0.39 is 0 Å². The van der Waals surface area contributed by atoms with Gasteiger partial charge in [0.2, 0.25) is 0 Å². The van der Waals surface area contributed by atoms with E-state index in [1.165, 1.54) is 54.3 Å². The zero-order chi connectivity index (χ0) is 23.0. The fraction of sp³-hybridized carbons (Fsp3) is 0.357. The molecule has 0 spiro atoms. The van der Waals surface area contributed by atoms with Gasteiger partial charge in [0, 0.05) is 9.75 Å². The Kier molecular flexibility index (Phi) is 6.66. The normalized spacial score (nSPS) is 12.6. The highest BCUT2D eigenvalue weighted by Crippen LogP contribution is 2.32. The Morgan fingerprint density at radius 3 is 1.13 bits per heavy atom. The Balaban J connectivity index is 1.99. The number of aryl methyl sites for hydroxylation is 4. The van der Waals surface area contributed by atoms with Gasteiger partial charge in [0.1, 0.15) is 0 Å². The molecule has 0 aliphatic heterocycles. The van der Waals surface area contributed by atoms with Crippen molar-refractivity contribution in [3.05, 3.63) is 78.5 Å². The van der Waals surface area contributed by atoms with Gasteiger partial charge in [0.05, 0.1) is 22.8 Å². The summed E-state index contributed by atoms with van der Waals surface area (Å²) in [5.74, 6) is 0. The molecule has 3 heteroatoms. The molecule has 2 nitrogen and oxygen atoms in total. The molecular weight excluding hydrogens is 396 g/mol. The Hall–Kier alpha value is -2.52. The molecule has 1 aromatic heterocycles. The summed E-state index contributed by atoms with van der Waals surface area (Å²) < 4.78 is 0. The third kappa shape index (κ3) is 4.57. The number of rotatable bonds is 4. The van der Waals surface area contributed by atoms with Crippen LogP contribution in [0.4, 0.5) is 11.4 Å². The Morgan fingerprint density at radius 2 is 0.839 bits per heavy atom. The van der Waals surface area contributed by atoms with Crippen molar-refractivity contribution in [2.24, 2.45) is 9.98 Å². The van der Waals surface area contributed by atoms with Gasteiger partial charge in [-0.1, -0.05) is 12.1 Å². The van der Waals surface area contributed by atoms with Gasteiger partial charge in [0.25, 0.3) is 0 Å². The van der Waals surface area contributed by atoms with Crippen LogP contribution in [0.3, 0.4) is 0 Å². The summed E-state index contributed by atoms with van der Waals surface area (Å²) in [5.41, 5.74) is 14.6. The van der Waals surface area contributed by atoms with E-state index in [2.05, 4.69) is 93.5 Å². The minimum atomic E-state index is 1.05.